The quantitative estimate of drug-likeness (QED) is 0.867. The average molecular weight is 269 g/mol. The van der Waals surface area contributed by atoms with Gasteiger partial charge in [-0.15, -0.1) is 11.3 Å². The van der Waals surface area contributed by atoms with Gasteiger partial charge < -0.3 is 10.6 Å². The average Bonchev–Trinajstić information content (AvgIpc) is 2.82. The first-order valence-corrected chi connectivity index (χ1v) is 6.51. The summed E-state index contributed by atoms with van der Waals surface area (Å²) in [7, 11) is 0. The molecule has 0 unspecified atom stereocenters. The van der Waals surface area contributed by atoms with Gasteiger partial charge in [0.05, 0.1) is 18.4 Å². The molecule has 0 spiro atoms. The molecular formula is C11H13ClN4S. The number of rotatable bonds is 4. The molecule has 2 heterocycles. The van der Waals surface area contributed by atoms with E-state index in [1.54, 1.807) is 17.5 Å². The second-order valence-electron chi connectivity index (χ2n) is 3.51. The van der Waals surface area contributed by atoms with E-state index in [4.69, 9.17) is 17.3 Å². The van der Waals surface area contributed by atoms with E-state index in [0.29, 0.717) is 11.5 Å². The second kappa shape index (κ2) is 5.33. The SMILES string of the molecule is CCN(Cc1cccs1)c1nc(Cl)ncc1N. The first-order chi connectivity index (χ1) is 8.20. The Hall–Kier alpha value is -1.33. The molecule has 0 aromatic carbocycles. The van der Waals surface area contributed by atoms with Crippen LogP contribution in [0.5, 0.6) is 0 Å². The monoisotopic (exact) mass is 268 g/mol. The highest BCUT2D eigenvalue weighted by atomic mass is 35.5. The fourth-order valence-electron chi connectivity index (χ4n) is 1.54. The van der Waals surface area contributed by atoms with Crippen molar-refractivity contribution >= 4 is 34.4 Å². The Morgan fingerprint density at radius 2 is 2.35 bits per heavy atom. The van der Waals surface area contributed by atoms with E-state index in [-0.39, 0.29) is 5.28 Å². The third-order valence-corrected chi connectivity index (χ3v) is 3.42. The summed E-state index contributed by atoms with van der Waals surface area (Å²) >= 11 is 7.51. The Bertz CT molecular complexity index is 486. The summed E-state index contributed by atoms with van der Waals surface area (Å²) in [5.74, 6) is 0.695. The zero-order chi connectivity index (χ0) is 12.3. The minimum absolute atomic E-state index is 0.221. The lowest BCUT2D eigenvalue weighted by atomic mass is 10.3. The van der Waals surface area contributed by atoms with Crippen molar-refractivity contribution in [1.82, 2.24) is 9.97 Å². The number of nitrogen functional groups attached to an aromatic ring is 1. The number of hydrogen-bond donors (Lipinski definition) is 1. The molecule has 2 aromatic rings. The third kappa shape index (κ3) is 2.87. The van der Waals surface area contributed by atoms with Gasteiger partial charge in [0.1, 0.15) is 0 Å². The Morgan fingerprint density at radius 3 is 3.00 bits per heavy atom. The van der Waals surface area contributed by atoms with Crippen molar-refractivity contribution in [2.45, 2.75) is 13.5 Å². The highest BCUT2D eigenvalue weighted by molar-refractivity contribution is 7.09. The molecule has 0 saturated carbocycles. The van der Waals surface area contributed by atoms with Crippen LogP contribution >= 0.6 is 22.9 Å². The van der Waals surface area contributed by atoms with E-state index in [9.17, 15) is 0 Å². The maximum absolute atomic E-state index is 5.87. The van der Waals surface area contributed by atoms with E-state index in [1.165, 1.54) is 4.88 Å². The highest BCUT2D eigenvalue weighted by Crippen LogP contribution is 2.23. The number of anilines is 2. The molecule has 0 aliphatic carbocycles. The van der Waals surface area contributed by atoms with Crippen molar-refractivity contribution in [1.29, 1.82) is 0 Å². The number of aromatic nitrogens is 2. The molecule has 6 heteroatoms. The fraction of sp³-hybridized carbons (Fsp3) is 0.273. The third-order valence-electron chi connectivity index (χ3n) is 2.37. The van der Waals surface area contributed by atoms with Crippen LogP contribution in [0.15, 0.2) is 23.7 Å². The summed E-state index contributed by atoms with van der Waals surface area (Å²) in [6.07, 6.45) is 1.54. The molecule has 2 N–H and O–H groups in total. The van der Waals surface area contributed by atoms with Gasteiger partial charge in [-0.1, -0.05) is 6.07 Å². The smallest absolute Gasteiger partial charge is 0.224 e. The number of thiophene rings is 1. The number of halogens is 1. The molecule has 4 nitrogen and oxygen atoms in total. The van der Waals surface area contributed by atoms with Gasteiger partial charge in [0.15, 0.2) is 5.82 Å². The van der Waals surface area contributed by atoms with Crippen molar-refractivity contribution in [2.24, 2.45) is 0 Å². The highest BCUT2D eigenvalue weighted by Gasteiger charge is 2.12. The van der Waals surface area contributed by atoms with E-state index in [0.717, 1.165) is 13.1 Å². The van der Waals surface area contributed by atoms with Gasteiger partial charge in [0, 0.05) is 11.4 Å². The zero-order valence-corrected chi connectivity index (χ0v) is 11.0. The lowest BCUT2D eigenvalue weighted by molar-refractivity contribution is 0.821. The van der Waals surface area contributed by atoms with Gasteiger partial charge in [-0.25, -0.2) is 4.98 Å². The Morgan fingerprint density at radius 1 is 1.53 bits per heavy atom. The Labute approximate surface area is 109 Å². The van der Waals surface area contributed by atoms with Crippen LogP contribution in [-0.2, 0) is 6.54 Å². The molecule has 2 rings (SSSR count). The van der Waals surface area contributed by atoms with Gasteiger partial charge in [-0.05, 0) is 30.0 Å². The molecule has 0 radical (unpaired) electrons. The fourth-order valence-corrected chi connectivity index (χ4v) is 2.39. The molecule has 0 aliphatic rings. The molecular weight excluding hydrogens is 256 g/mol. The lowest BCUT2D eigenvalue weighted by Crippen LogP contribution is -2.24. The molecule has 0 saturated heterocycles. The predicted molar refractivity (Wildman–Crippen MR) is 72.5 cm³/mol. The van der Waals surface area contributed by atoms with E-state index in [2.05, 4.69) is 33.2 Å². The zero-order valence-electron chi connectivity index (χ0n) is 9.43. The minimum Gasteiger partial charge on any atom is -0.394 e. The minimum atomic E-state index is 0.221. The summed E-state index contributed by atoms with van der Waals surface area (Å²) in [5, 5.41) is 2.28. The van der Waals surface area contributed by atoms with Gasteiger partial charge in [0.25, 0.3) is 0 Å². The first-order valence-electron chi connectivity index (χ1n) is 5.26. The summed E-state index contributed by atoms with van der Waals surface area (Å²) in [6.45, 7) is 3.66. The Kier molecular flexibility index (Phi) is 3.81. The van der Waals surface area contributed by atoms with Gasteiger partial charge >= 0.3 is 0 Å². The van der Waals surface area contributed by atoms with Crippen molar-refractivity contribution in [3.8, 4) is 0 Å². The van der Waals surface area contributed by atoms with E-state index < -0.39 is 0 Å². The van der Waals surface area contributed by atoms with Crippen molar-refractivity contribution in [3.05, 3.63) is 33.9 Å². The molecule has 0 bridgehead atoms. The van der Waals surface area contributed by atoms with Crippen LogP contribution in [0.2, 0.25) is 5.28 Å². The van der Waals surface area contributed by atoms with Crippen LogP contribution in [-0.4, -0.2) is 16.5 Å². The maximum atomic E-state index is 5.87. The normalized spacial score (nSPS) is 10.5. The lowest BCUT2D eigenvalue weighted by Gasteiger charge is -2.22. The van der Waals surface area contributed by atoms with E-state index in [1.807, 2.05) is 6.07 Å². The molecule has 0 aliphatic heterocycles. The van der Waals surface area contributed by atoms with Crippen LogP contribution < -0.4 is 10.6 Å². The maximum Gasteiger partial charge on any atom is 0.224 e. The molecule has 0 fully saturated rings. The van der Waals surface area contributed by atoms with Gasteiger partial charge in [-0.3, -0.25) is 0 Å². The summed E-state index contributed by atoms with van der Waals surface area (Å²) < 4.78 is 0. The van der Waals surface area contributed by atoms with E-state index >= 15 is 0 Å². The predicted octanol–water partition coefficient (Wildman–Crippen LogP) is 2.80. The summed E-state index contributed by atoms with van der Waals surface area (Å²) in [6, 6.07) is 4.12. The summed E-state index contributed by atoms with van der Waals surface area (Å²) in [4.78, 5) is 11.4. The van der Waals surface area contributed by atoms with Crippen molar-refractivity contribution in [2.75, 3.05) is 17.2 Å². The largest absolute Gasteiger partial charge is 0.394 e. The molecule has 0 atom stereocenters. The van der Waals surface area contributed by atoms with Crippen LogP contribution in [0.4, 0.5) is 11.5 Å². The molecule has 90 valence electrons. The van der Waals surface area contributed by atoms with Crippen LogP contribution in [0.3, 0.4) is 0 Å². The first kappa shape index (κ1) is 12.1. The van der Waals surface area contributed by atoms with Crippen LogP contribution in [0, 0.1) is 0 Å². The van der Waals surface area contributed by atoms with Crippen LogP contribution in [0.25, 0.3) is 0 Å². The number of nitrogens with zero attached hydrogens (tertiary/aromatic N) is 3. The Balaban J connectivity index is 2.25. The van der Waals surface area contributed by atoms with Gasteiger partial charge in [-0.2, -0.15) is 4.98 Å². The molecule has 17 heavy (non-hydrogen) atoms. The molecule has 0 amide bonds. The van der Waals surface area contributed by atoms with Crippen molar-refractivity contribution < 1.29 is 0 Å². The summed E-state index contributed by atoms with van der Waals surface area (Å²) in [5.41, 5.74) is 6.42. The van der Waals surface area contributed by atoms with Gasteiger partial charge in [0.2, 0.25) is 5.28 Å². The van der Waals surface area contributed by atoms with Crippen LogP contribution in [0.1, 0.15) is 11.8 Å². The second-order valence-corrected chi connectivity index (χ2v) is 4.88. The standard InChI is InChI=1S/C11H13ClN4S/c1-2-16(7-8-4-3-5-17-8)10-9(13)6-14-11(12)15-10/h3-6H,2,7,13H2,1H3. The number of hydrogen-bond acceptors (Lipinski definition) is 5. The number of nitrogens with two attached hydrogens (primary N) is 1. The van der Waals surface area contributed by atoms with Crippen molar-refractivity contribution in [3.63, 3.8) is 0 Å². The molecule has 2 aromatic heterocycles. The topological polar surface area (TPSA) is 55.0 Å².